The molecule has 2 N–H and O–H groups in total. The number of hydrogen-bond acceptors (Lipinski definition) is 5. The molecule has 0 aliphatic carbocycles. The van der Waals surface area contributed by atoms with Crippen LogP contribution in [0.4, 0.5) is 5.69 Å². The summed E-state index contributed by atoms with van der Waals surface area (Å²) >= 11 is 0. The Balaban J connectivity index is 1.79. The molecule has 0 saturated carbocycles. The standard InChI is InChI=1S/C17H21N5O3/c1-10-6-7-14(25-3)12(9-10)18-16(23)13-5-4-8-22(13)17(24)15-11(2)19-21-20-15/h6-7,9,13H,4-5,8H2,1-3H3,(H,18,23)(H,19,20,21). The van der Waals surface area contributed by atoms with Gasteiger partial charge in [0.15, 0.2) is 5.69 Å². The number of ether oxygens (including phenoxy) is 1. The predicted molar refractivity (Wildman–Crippen MR) is 91.5 cm³/mol. The van der Waals surface area contributed by atoms with E-state index in [1.54, 1.807) is 25.0 Å². The number of likely N-dealkylation sites (tertiary alicyclic amines) is 1. The van der Waals surface area contributed by atoms with E-state index in [1.807, 2.05) is 19.1 Å². The molecule has 1 saturated heterocycles. The first-order valence-electron chi connectivity index (χ1n) is 8.15. The van der Waals surface area contributed by atoms with Crippen LogP contribution in [0.1, 0.15) is 34.6 Å². The van der Waals surface area contributed by atoms with Gasteiger partial charge in [-0.1, -0.05) is 6.07 Å². The average molecular weight is 343 g/mol. The van der Waals surface area contributed by atoms with Gasteiger partial charge in [-0.15, -0.1) is 0 Å². The van der Waals surface area contributed by atoms with Crippen LogP contribution in [0.15, 0.2) is 18.2 Å². The molecule has 1 aromatic heterocycles. The van der Waals surface area contributed by atoms with Crippen LogP contribution in [-0.4, -0.2) is 51.8 Å². The van der Waals surface area contributed by atoms with Crippen LogP contribution >= 0.6 is 0 Å². The van der Waals surface area contributed by atoms with Gasteiger partial charge in [0.1, 0.15) is 11.8 Å². The van der Waals surface area contributed by atoms with Gasteiger partial charge in [0.2, 0.25) is 5.91 Å². The molecule has 25 heavy (non-hydrogen) atoms. The molecular weight excluding hydrogens is 322 g/mol. The van der Waals surface area contributed by atoms with Gasteiger partial charge in [-0.2, -0.15) is 15.4 Å². The van der Waals surface area contributed by atoms with Crippen molar-refractivity contribution in [3.8, 4) is 5.75 Å². The Hall–Kier alpha value is -2.90. The smallest absolute Gasteiger partial charge is 0.276 e. The number of aromatic nitrogens is 3. The molecule has 132 valence electrons. The third-order valence-electron chi connectivity index (χ3n) is 4.35. The van der Waals surface area contributed by atoms with Gasteiger partial charge in [-0.3, -0.25) is 9.59 Å². The maximum Gasteiger partial charge on any atom is 0.276 e. The maximum atomic E-state index is 12.8. The normalized spacial score (nSPS) is 16.8. The molecule has 1 aliphatic heterocycles. The lowest BCUT2D eigenvalue weighted by Gasteiger charge is -2.23. The minimum absolute atomic E-state index is 0.226. The molecule has 8 heteroatoms. The monoisotopic (exact) mass is 343 g/mol. The van der Waals surface area contributed by atoms with Crippen molar-refractivity contribution < 1.29 is 14.3 Å². The Morgan fingerprint density at radius 3 is 2.80 bits per heavy atom. The largest absolute Gasteiger partial charge is 0.495 e. The number of carbonyl (C=O) groups excluding carboxylic acids is 2. The fraction of sp³-hybridized carbons (Fsp3) is 0.412. The van der Waals surface area contributed by atoms with Gasteiger partial charge in [0, 0.05) is 6.54 Å². The second kappa shape index (κ2) is 6.92. The summed E-state index contributed by atoms with van der Waals surface area (Å²) < 4.78 is 5.30. The van der Waals surface area contributed by atoms with E-state index in [4.69, 9.17) is 4.74 Å². The fourth-order valence-corrected chi connectivity index (χ4v) is 3.04. The molecule has 1 atom stereocenters. The van der Waals surface area contributed by atoms with E-state index < -0.39 is 6.04 Å². The van der Waals surface area contributed by atoms with Crippen LogP contribution in [0, 0.1) is 13.8 Å². The van der Waals surface area contributed by atoms with E-state index in [-0.39, 0.29) is 17.5 Å². The van der Waals surface area contributed by atoms with Crippen LogP contribution in [0.3, 0.4) is 0 Å². The number of aryl methyl sites for hydroxylation is 2. The second-order valence-corrected chi connectivity index (χ2v) is 6.11. The van der Waals surface area contributed by atoms with E-state index in [0.29, 0.717) is 30.1 Å². The molecule has 1 aliphatic rings. The highest BCUT2D eigenvalue weighted by Crippen LogP contribution is 2.27. The van der Waals surface area contributed by atoms with Crippen molar-refractivity contribution in [1.82, 2.24) is 20.3 Å². The molecule has 0 spiro atoms. The number of carbonyl (C=O) groups is 2. The molecule has 2 heterocycles. The minimum Gasteiger partial charge on any atom is -0.495 e. The van der Waals surface area contributed by atoms with Crippen LogP contribution < -0.4 is 10.1 Å². The molecule has 0 radical (unpaired) electrons. The summed E-state index contributed by atoms with van der Waals surface area (Å²) in [5, 5.41) is 13.1. The van der Waals surface area contributed by atoms with Gasteiger partial charge >= 0.3 is 0 Å². The van der Waals surface area contributed by atoms with Crippen molar-refractivity contribution in [1.29, 1.82) is 0 Å². The summed E-state index contributed by atoms with van der Waals surface area (Å²) in [5.74, 6) is 0.0816. The number of amides is 2. The van der Waals surface area contributed by atoms with E-state index >= 15 is 0 Å². The number of methoxy groups -OCH3 is 1. The summed E-state index contributed by atoms with van der Waals surface area (Å²) in [6.45, 7) is 4.17. The lowest BCUT2D eigenvalue weighted by Crippen LogP contribution is -2.43. The number of aromatic amines is 1. The molecule has 3 rings (SSSR count). The summed E-state index contributed by atoms with van der Waals surface area (Å²) in [6.07, 6.45) is 1.38. The topological polar surface area (TPSA) is 100 Å². The number of anilines is 1. The zero-order valence-electron chi connectivity index (χ0n) is 14.5. The van der Waals surface area contributed by atoms with Gasteiger partial charge in [0.25, 0.3) is 5.91 Å². The Kier molecular flexibility index (Phi) is 4.69. The first-order chi connectivity index (χ1) is 12.0. The highest BCUT2D eigenvalue weighted by Gasteiger charge is 2.36. The molecule has 2 amide bonds. The van der Waals surface area contributed by atoms with Crippen molar-refractivity contribution in [3.63, 3.8) is 0 Å². The highest BCUT2D eigenvalue weighted by atomic mass is 16.5. The molecular formula is C17H21N5O3. The average Bonchev–Trinajstić information content (AvgIpc) is 3.23. The van der Waals surface area contributed by atoms with Crippen LogP contribution in [0.5, 0.6) is 5.75 Å². The van der Waals surface area contributed by atoms with Crippen LogP contribution in [0.25, 0.3) is 0 Å². The summed E-state index contributed by atoms with van der Waals surface area (Å²) in [4.78, 5) is 27.0. The Labute approximate surface area is 145 Å². The Morgan fingerprint density at radius 1 is 1.32 bits per heavy atom. The van der Waals surface area contributed by atoms with Crippen molar-refractivity contribution in [3.05, 3.63) is 35.2 Å². The summed E-state index contributed by atoms with van der Waals surface area (Å²) in [5.41, 5.74) is 2.39. The van der Waals surface area contributed by atoms with Crippen molar-refractivity contribution in [2.75, 3.05) is 19.0 Å². The summed E-state index contributed by atoms with van der Waals surface area (Å²) in [7, 11) is 1.55. The molecule has 1 unspecified atom stereocenters. The number of hydrogen-bond donors (Lipinski definition) is 2. The SMILES string of the molecule is COc1ccc(C)cc1NC(=O)C1CCCN1C(=O)c1n[nH]nc1C. The fourth-order valence-electron chi connectivity index (χ4n) is 3.04. The third kappa shape index (κ3) is 3.33. The Bertz CT molecular complexity index is 801. The lowest BCUT2D eigenvalue weighted by molar-refractivity contribution is -0.119. The van der Waals surface area contributed by atoms with E-state index in [2.05, 4.69) is 20.7 Å². The van der Waals surface area contributed by atoms with Crippen molar-refractivity contribution in [2.45, 2.75) is 32.7 Å². The number of H-pyrrole nitrogens is 1. The van der Waals surface area contributed by atoms with Crippen molar-refractivity contribution >= 4 is 17.5 Å². The van der Waals surface area contributed by atoms with Gasteiger partial charge < -0.3 is 15.0 Å². The lowest BCUT2D eigenvalue weighted by atomic mass is 10.1. The maximum absolute atomic E-state index is 12.8. The zero-order valence-corrected chi connectivity index (χ0v) is 14.5. The Morgan fingerprint density at radius 2 is 2.12 bits per heavy atom. The highest BCUT2D eigenvalue weighted by molar-refractivity contribution is 6.01. The molecule has 2 aromatic rings. The van der Waals surface area contributed by atoms with E-state index in [0.717, 1.165) is 12.0 Å². The molecule has 1 aromatic carbocycles. The van der Waals surface area contributed by atoms with Crippen LogP contribution in [-0.2, 0) is 4.79 Å². The van der Waals surface area contributed by atoms with Gasteiger partial charge in [-0.05, 0) is 44.4 Å². The number of nitrogens with one attached hydrogen (secondary N) is 2. The van der Waals surface area contributed by atoms with Crippen molar-refractivity contribution in [2.24, 2.45) is 0 Å². The van der Waals surface area contributed by atoms with Gasteiger partial charge in [0.05, 0.1) is 18.5 Å². The first-order valence-corrected chi connectivity index (χ1v) is 8.15. The number of rotatable bonds is 4. The molecule has 0 bridgehead atoms. The second-order valence-electron chi connectivity index (χ2n) is 6.11. The molecule has 1 fully saturated rings. The molecule has 8 nitrogen and oxygen atoms in total. The van der Waals surface area contributed by atoms with E-state index in [9.17, 15) is 9.59 Å². The third-order valence-corrected chi connectivity index (χ3v) is 4.35. The summed E-state index contributed by atoms with van der Waals surface area (Å²) in [6, 6.07) is 5.03. The van der Waals surface area contributed by atoms with Crippen LogP contribution in [0.2, 0.25) is 0 Å². The van der Waals surface area contributed by atoms with Gasteiger partial charge in [-0.25, -0.2) is 0 Å². The van der Waals surface area contributed by atoms with E-state index in [1.165, 1.54) is 0 Å². The predicted octanol–water partition coefficient (Wildman–Crippen LogP) is 1.67. The number of benzene rings is 1. The quantitative estimate of drug-likeness (QED) is 0.879. The zero-order chi connectivity index (χ0) is 18.0. The first kappa shape index (κ1) is 16.9. The minimum atomic E-state index is -0.534. The number of nitrogens with zero attached hydrogens (tertiary/aromatic N) is 3.